The Hall–Kier alpha value is -3.45. The van der Waals surface area contributed by atoms with Gasteiger partial charge in [0.05, 0.1) is 19.9 Å². The van der Waals surface area contributed by atoms with Gasteiger partial charge in [-0.15, -0.1) is 11.3 Å². The van der Waals surface area contributed by atoms with Crippen LogP contribution in [-0.2, 0) is 0 Å². The van der Waals surface area contributed by atoms with Crippen LogP contribution in [0.25, 0.3) is 22.0 Å². The molecule has 2 heterocycles. The molecule has 0 spiro atoms. The van der Waals surface area contributed by atoms with Gasteiger partial charge in [-0.3, -0.25) is 10.1 Å². The molecule has 0 unspecified atom stereocenters. The lowest BCUT2D eigenvalue weighted by molar-refractivity contribution is 0.102. The first-order chi connectivity index (χ1) is 14.1. The molecule has 0 radical (unpaired) electrons. The summed E-state index contributed by atoms with van der Waals surface area (Å²) < 4.78 is 10.6. The average molecular weight is 405 g/mol. The Morgan fingerprint density at radius 3 is 2.48 bits per heavy atom. The van der Waals surface area contributed by atoms with Crippen molar-refractivity contribution in [1.29, 1.82) is 0 Å². The van der Waals surface area contributed by atoms with Gasteiger partial charge in [-0.25, -0.2) is 9.97 Å². The normalized spacial score (nSPS) is 10.7. The molecule has 146 valence electrons. The van der Waals surface area contributed by atoms with Crippen molar-refractivity contribution in [2.24, 2.45) is 0 Å². The SMILES string of the molecule is COc1ccc(-c2nc(NC(=O)c3cc4ccccc4c(OC)n3)sc2C)cc1. The van der Waals surface area contributed by atoms with Crippen LogP contribution in [0.3, 0.4) is 0 Å². The van der Waals surface area contributed by atoms with E-state index in [4.69, 9.17) is 9.47 Å². The highest BCUT2D eigenvalue weighted by Crippen LogP contribution is 2.32. The van der Waals surface area contributed by atoms with Crippen molar-refractivity contribution in [3.8, 4) is 22.9 Å². The van der Waals surface area contributed by atoms with Crippen LogP contribution in [0.2, 0.25) is 0 Å². The lowest BCUT2D eigenvalue weighted by Gasteiger charge is -2.07. The molecule has 0 aliphatic rings. The van der Waals surface area contributed by atoms with Gasteiger partial charge in [-0.1, -0.05) is 18.2 Å². The van der Waals surface area contributed by atoms with E-state index in [1.165, 1.54) is 11.3 Å². The van der Waals surface area contributed by atoms with Crippen LogP contribution in [0.5, 0.6) is 11.6 Å². The van der Waals surface area contributed by atoms with Crippen LogP contribution < -0.4 is 14.8 Å². The third-order valence-electron chi connectivity index (χ3n) is 4.51. The van der Waals surface area contributed by atoms with E-state index in [9.17, 15) is 4.79 Å². The first-order valence-electron chi connectivity index (χ1n) is 8.96. The van der Waals surface area contributed by atoms with Crippen molar-refractivity contribution in [1.82, 2.24) is 9.97 Å². The minimum Gasteiger partial charge on any atom is -0.497 e. The molecule has 29 heavy (non-hydrogen) atoms. The second kappa shape index (κ2) is 7.89. The summed E-state index contributed by atoms with van der Waals surface area (Å²) in [5.41, 5.74) is 2.07. The van der Waals surface area contributed by atoms with E-state index in [1.807, 2.05) is 55.5 Å². The zero-order valence-corrected chi connectivity index (χ0v) is 17.0. The maximum absolute atomic E-state index is 12.8. The van der Waals surface area contributed by atoms with Crippen LogP contribution >= 0.6 is 11.3 Å². The van der Waals surface area contributed by atoms with Gasteiger partial charge in [0, 0.05) is 15.8 Å². The molecule has 7 heteroatoms. The number of thiazole rings is 1. The highest BCUT2D eigenvalue weighted by atomic mass is 32.1. The van der Waals surface area contributed by atoms with Crippen LogP contribution in [-0.4, -0.2) is 30.1 Å². The lowest BCUT2D eigenvalue weighted by atomic mass is 10.1. The number of ether oxygens (including phenoxy) is 2. The topological polar surface area (TPSA) is 73.3 Å². The van der Waals surface area contributed by atoms with Crippen molar-refractivity contribution in [2.45, 2.75) is 6.92 Å². The van der Waals surface area contributed by atoms with E-state index in [-0.39, 0.29) is 11.6 Å². The third kappa shape index (κ3) is 3.77. The molecular weight excluding hydrogens is 386 g/mol. The predicted octanol–water partition coefficient (Wildman–Crippen LogP) is 4.94. The minimum atomic E-state index is -0.330. The number of hydrogen-bond acceptors (Lipinski definition) is 6. The number of benzene rings is 2. The van der Waals surface area contributed by atoms with Gasteiger partial charge in [-0.05, 0) is 48.7 Å². The molecule has 2 aromatic heterocycles. The number of nitrogens with zero attached hydrogens (tertiary/aromatic N) is 2. The number of fused-ring (bicyclic) bond motifs is 1. The van der Waals surface area contributed by atoms with Gasteiger partial charge >= 0.3 is 0 Å². The van der Waals surface area contributed by atoms with Crippen LogP contribution in [0.15, 0.2) is 54.6 Å². The molecule has 0 fully saturated rings. The number of aryl methyl sites for hydroxylation is 1. The molecule has 6 nitrogen and oxygen atoms in total. The Bertz CT molecular complexity index is 1190. The van der Waals surface area contributed by atoms with Crippen molar-refractivity contribution in [3.05, 3.63) is 65.2 Å². The van der Waals surface area contributed by atoms with E-state index in [0.717, 1.165) is 32.7 Å². The van der Waals surface area contributed by atoms with Gasteiger partial charge in [0.2, 0.25) is 5.88 Å². The molecule has 0 saturated heterocycles. The Morgan fingerprint density at radius 2 is 1.76 bits per heavy atom. The summed E-state index contributed by atoms with van der Waals surface area (Å²) in [6, 6.07) is 17.1. The Morgan fingerprint density at radius 1 is 1.00 bits per heavy atom. The van der Waals surface area contributed by atoms with Crippen molar-refractivity contribution >= 4 is 33.1 Å². The van der Waals surface area contributed by atoms with Crippen LogP contribution in [0.4, 0.5) is 5.13 Å². The highest BCUT2D eigenvalue weighted by Gasteiger charge is 2.16. The molecule has 1 N–H and O–H groups in total. The number of nitrogens with one attached hydrogen (secondary N) is 1. The number of amides is 1. The monoisotopic (exact) mass is 405 g/mol. The van der Waals surface area contributed by atoms with Gasteiger partial charge in [0.15, 0.2) is 5.13 Å². The largest absolute Gasteiger partial charge is 0.497 e. The summed E-state index contributed by atoms with van der Waals surface area (Å²) in [5, 5.41) is 5.12. The summed E-state index contributed by atoms with van der Waals surface area (Å²) >= 11 is 1.42. The number of pyridine rings is 1. The number of aromatic nitrogens is 2. The zero-order chi connectivity index (χ0) is 20.4. The number of carbonyl (C=O) groups excluding carboxylic acids is 1. The van der Waals surface area contributed by atoms with Gasteiger partial charge in [0.1, 0.15) is 11.4 Å². The van der Waals surface area contributed by atoms with Gasteiger partial charge in [0.25, 0.3) is 5.91 Å². The second-order valence-corrected chi connectivity index (χ2v) is 7.55. The summed E-state index contributed by atoms with van der Waals surface area (Å²) in [6.45, 7) is 1.98. The fraction of sp³-hybridized carbons (Fsp3) is 0.136. The minimum absolute atomic E-state index is 0.277. The summed E-state index contributed by atoms with van der Waals surface area (Å²) in [7, 11) is 3.17. The van der Waals surface area contributed by atoms with Crippen molar-refractivity contribution in [2.75, 3.05) is 19.5 Å². The molecule has 0 aliphatic carbocycles. The Balaban J connectivity index is 1.61. The van der Waals surface area contributed by atoms with E-state index < -0.39 is 0 Å². The molecule has 2 aromatic carbocycles. The van der Waals surface area contributed by atoms with Crippen molar-refractivity contribution in [3.63, 3.8) is 0 Å². The maximum Gasteiger partial charge on any atom is 0.276 e. The molecule has 0 aliphatic heterocycles. The molecule has 0 atom stereocenters. The summed E-state index contributed by atoms with van der Waals surface area (Å²) in [6.07, 6.45) is 0. The highest BCUT2D eigenvalue weighted by molar-refractivity contribution is 7.16. The van der Waals surface area contributed by atoms with E-state index in [1.54, 1.807) is 20.3 Å². The first-order valence-corrected chi connectivity index (χ1v) is 9.77. The summed E-state index contributed by atoms with van der Waals surface area (Å²) in [4.78, 5) is 22.7. The van der Waals surface area contributed by atoms with Gasteiger partial charge < -0.3 is 9.47 Å². The van der Waals surface area contributed by atoms with E-state index in [2.05, 4.69) is 15.3 Å². The van der Waals surface area contributed by atoms with Gasteiger partial charge in [-0.2, -0.15) is 0 Å². The van der Waals surface area contributed by atoms with E-state index >= 15 is 0 Å². The zero-order valence-electron chi connectivity index (χ0n) is 16.2. The number of methoxy groups -OCH3 is 2. The van der Waals surface area contributed by atoms with Crippen LogP contribution in [0, 0.1) is 6.92 Å². The molecule has 4 aromatic rings. The second-order valence-electron chi connectivity index (χ2n) is 6.34. The fourth-order valence-electron chi connectivity index (χ4n) is 3.07. The van der Waals surface area contributed by atoms with Crippen molar-refractivity contribution < 1.29 is 14.3 Å². The first kappa shape index (κ1) is 18.9. The lowest BCUT2D eigenvalue weighted by Crippen LogP contribution is -2.14. The molecule has 4 rings (SSSR count). The summed E-state index contributed by atoms with van der Waals surface area (Å²) in [5.74, 6) is 0.873. The molecule has 1 amide bonds. The quantitative estimate of drug-likeness (QED) is 0.509. The Kier molecular flexibility index (Phi) is 5.14. The third-order valence-corrected chi connectivity index (χ3v) is 5.40. The fourth-order valence-corrected chi connectivity index (χ4v) is 3.90. The average Bonchev–Trinajstić information content (AvgIpc) is 3.12. The number of rotatable bonds is 5. The number of anilines is 1. The Labute approximate surface area is 172 Å². The predicted molar refractivity (Wildman–Crippen MR) is 115 cm³/mol. The number of carbonyl (C=O) groups is 1. The molecule has 0 bridgehead atoms. The maximum atomic E-state index is 12.8. The smallest absolute Gasteiger partial charge is 0.276 e. The molecular formula is C22H19N3O3S. The standard InChI is InChI=1S/C22H19N3O3S/c1-13-19(14-8-10-16(27-2)11-9-14)24-22(29-13)25-20(26)18-12-15-6-4-5-7-17(15)21(23-18)28-3/h4-12H,1-3H3,(H,24,25,26). The number of hydrogen-bond donors (Lipinski definition) is 1. The molecule has 0 saturated carbocycles. The van der Waals surface area contributed by atoms with Crippen LogP contribution in [0.1, 0.15) is 15.4 Å². The van der Waals surface area contributed by atoms with E-state index in [0.29, 0.717) is 11.0 Å².